The van der Waals surface area contributed by atoms with Gasteiger partial charge in [-0.1, -0.05) is 29.6 Å². The van der Waals surface area contributed by atoms with Crippen LogP contribution in [0, 0.1) is 17.8 Å². The average molecular weight is 327 g/mol. The van der Waals surface area contributed by atoms with E-state index in [1.165, 1.54) is 25.7 Å². The summed E-state index contributed by atoms with van der Waals surface area (Å²) in [7, 11) is 0. The van der Waals surface area contributed by atoms with Crippen LogP contribution in [-0.2, 0) is 0 Å². The summed E-state index contributed by atoms with van der Waals surface area (Å²) in [5.41, 5.74) is 0.655. The topological polar surface area (TPSA) is 41.1 Å². The third-order valence-corrected chi connectivity index (χ3v) is 5.71. The maximum atomic E-state index is 12.1. The SMILES string of the molecule is C[C@H](NC(=O)Nc1ccc(Cl)c(Cl)c1)[C@H]1C[C@@H]2CC[C@@H]1C2. The van der Waals surface area contributed by atoms with Crippen LogP contribution in [0.15, 0.2) is 18.2 Å². The number of amides is 2. The molecule has 2 N–H and O–H groups in total. The Bertz CT molecular complexity index is 549. The molecule has 0 aromatic heterocycles. The molecule has 2 amide bonds. The molecule has 21 heavy (non-hydrogen) atoms. The molecule has 1 aromatic carbocycles. The monoisotopic (exact) mass is 326 g/mol. The van der Waals surface area contributed by atoms with Gasteiger partial charge in [0.15, 0.2) is 0 Å². The Morgan fingerprint density at radius 3 is 2.67 bits per heavy atom. The van der Waals surface area contributed by atoms with E-state index in [9.17, 15) is 4.79 Å². The van der Waals surface area contributed by atoms with Crippen LogP contribution in [0.5, 0.6) is 0 Å². The molecule has 0 aliphatic heterocycles. The van der Waals surface area contributed by atoms with Gasteiger partial charge in [0.25, 0.3) is 0 Å². The summed E-state index contributed by atoms with van der Waals surface area (Å²) < 4.78 is 0. The molecule has 0 heterocycles. The zero-order chi connectivity index (χ0) is 15.0. The molecule has 114 valence electrons. The number of hydrogen-bond donors (Lipinski definition) is 2. The fourth-order valence-corrected chi connectivity index (χ4v) is 4.26. The number of halogens is 2. The average Bonchev–Trinajstić information content (AvgIpc) is 3.05. The van der Waals surface area contributed by atoms with Crippen molar-refractivity contribution in [2.24, 2.45) is 17.8 Å². The molecule has 3 nitrogen and oxygen atoms in total. The smallest absolute Gasteiger partial charge is 0.319 e. The molecule has 0 saturated heterocycles. The fraction of sp³-hybridized carbons (Fsp3) is 0.562. The summed E-state index contributed by atoms with van der Waals surface area (Å²) >= 11 is 11.8. The molecule has 2 saturated carbocycles. The Labute approximate surface area is 135 Å². The van der Waals surface area contributed by atoms with E-state index in [1.54, 1.807) is 18.2 Å². The maximum absolute atomic E-state index is 12.1. The van der Waals surface area contributed by atoms with E-state index in [-0.39, 0.29) is 12.1 Å². The number of rotatable bonds is 3. The number of anilines is 1. The number of nitrogens with one attached hydrogen (secondary N) is 2. The Hall–Kier alpha value is -0.930. The van der Waals surface area contributed by atoms with Gasteiger partial charge in [-0.2, -0.15) is 0 Å². The zero-order valence-corrected chi connectivity index (χ0v) is 13.5. The van der Waals surface area contributed by atoms with Crippen LogP contribution in [0.3, 0.4) is 0 Å². The van der Waals surface area contributed by atoms with Gasteiger partial charge >= 0.3 is 6.03 Å². The Morgan fingerprint density at radius 1 is 1.24 bits per heavy atom. The van der Waals surface area contributed by atoms with Gasteiger partial charge in [-0.25, -0.2) is 4.79 Å². The van der Waals surface area contributed by atoms with Crippen molar-refractivity contribution in [1.82, 2.24) is 5.32 Å². The lowest BCUT2D eigenvalue weighted by Gasteiger charge is -2.28. The summed E-state index contributed by atoms with van der Waals surface area (Å²) in [6.45, 7) is 2.11. The largest absolute Gasteiger partial charge is 0.335 e. The molecule has 3 rings (SSSR count). The molecular weight excluding hydrogens is 307 g/mol. The minimum atomic E-state index is -0.177. The van der Waals surface area contributed by atoms with Gasteiger partial charge in [-0.3, -0.25) is 0 Å². The molecular formula is C16H20Cl2N2O. The van der Waals surface area contributed by atoms with Crippen molar-refractivity contribution in [3.63, 3.8) is 0 Å². The highest BCUT2D eigenvalue weighted by molar-refractivity contribution is 6.42. The van der Waals surface area contributed by atoms with Crippen molar-refractivity contribution in [2.45, 2.75) is 38.6 Å². The Kier molecular flexibility index (Phi) is 4.32. The number of carbonyl (C=O) groups excluding carboxylic acids is 1. The van der Waals surface area contributed by atoms with Gasteiger partial charge in [0, 0.05) is 11.7 Å². The standard InChI is InChI=1S/C16H20Cl2N2O/c1-9(13-7-10-2-3-11(13)6-10)19-16(21)20-12-4-5-14(17)15(18)8-12/h4-5,8-11,13H,2-3,6-7H2,1H3,(H2,19,20,21)/t9-,10+,11+,13+/m0/s1. The highest BCUT2D eigenvalue weighted by Crippen LogP contribution is 2.49. The first kappa shape index (κ1) is 15.0. The summed E-state index contributed by atoms with van der Waals surface area (Å²) in [4.78, 5) is 12.1. The van der Waals surface area contributed by atoms with Gasteiger partial charge in [-0.15, -0.1) is 0 Å². The predicted octanol–water partition coefficient (Wildman–Crippen LogP) is 4.94. The number of hydrogen-bond acceptors (Lipinski definition) is 1. The maximum Gasteiger partial charge on any atom is 0.319 e. The van der Waals surface area contributed by atoms with Crippen LogP contribution >= 0.6 is 23.2 Å². The molecule has 5 heteroatoms. The normalized spacial score (nSPS) is 28.4. The van der Waals surface area contributed by atoms with E-state index in [0.29, 0.717) is 21.7 Å². The Balaban J connectivity index is 1.55. The van der Waals surface area contributed by atoms with Crippen molar-refractivity contribution < 1.29 is 4.79 Å². The number of fused-ring (bicyclic) bond motifs is 2. The first-order valence-corrected chi connectivity index (χ1v) is 8.31. The zero-order valence-electron chi connectivity index (χ0n) is 12.0. The van der Waals surface area contributed by atoms with Crippen LogP contribution in [0.4, 0.5) is 10.5 Å². The van der Waals surface area contributed by atoms with E-state index in [0.717, 1.165) is 11.8 Å². The van der Waals surface area contributed by atoms with Crippen LogP contribution < -0.4 is 10.6 Å². The molecule has 0 spiro atoms. The lowest BCUT2D eigenvalue weighted by molar-refractivity contribution is 0.230. The molecule has 2 fully saturated rings. The second-order valence-electron chi connectivity index (χ2n) is 6.35. The first-order chi connectivity index (χ1) is 10.0. The van der Waals surface area contributed by atoms with Gasteiger partial charge in [0.2, 0.25) is 0 Å². The van der Waals surface area contributed by atoms with Crippen molar-refractivity contribution >= 4 is 34.9 Å². The lowest BCUT2D eigenvalue weighted by Crippen LogP contribution is -2.42. The third kappa shape index (κ3) is 3.29. The van der Waals surface area contributed by atoms with Gasteiger partial charge < -0.3 is 10.6 Å². The summed E-state index contributed by atoms with van der Waals surface area (Å²) in [6, 6.07) is 5.12. The highest BCUT2D eigenvalue weighted by Gasteiger charge is 2.42. The van der Waals surface area contributed by atoms with E-state index in [4.69, 9.17) is 23.2 Å². The predicted molar refractivity (Wildman–Crippen MR) is 87.0 cm³/mol. The van der Waals surface area contributed by atoms with Crippen molar-refractivity contribution in [1.29, 1.82) is 0 Å². The van der Waals surface area contributed by atoms with Crippen LogP contribution in [0.2, 0.25) is 10.0 Å². The molecule has 4 atom stereocenters. The van der Waals surface area contributed by atoms with Crippen molar-refractivity contribution in [2.75, 3.05) is 5.32 Å². The second-order valence-corrected chi connectivity index (χ2v) is 7.17. The van der Waals surface area contributed by atoms with Crippen molar-refractivity contribution in [3.8, 4) is 0 Å². The summed E-state index contributed by atoms with van der Waals surface area (Å²) in [6.07, 6.45) is 5.32. The summed E-state index contributed by atoms with van der Waals surface area (Å²) in [5.74, 6) is 2.32. The van der Waals surface area contributed by atoms with E-state index >= 15 is 0 Å². The molecule has 0 radical (unpaired) electrons. The van der Waals surface area contributed by atoms with Crippen molar-refractivity contribution in [3.05, 3.63) is 28.2 Å². The van der Waals surface area contributed by atoms with Crippen LogP contribution in [0.25, 0.3) is 0 Å². The Morgan fingerprint density at radius 2 is 2.05 bits per heavy atom. The first-order valence-electron chi connectivity index (χ1n) is 7.55. The number of benzene rings is 1. The van der Waals surface area contributed by atoms with Gasteiger partial charge in [0.1, 0.15) is 0 Å². The molecule has 2 bridgehead atoms. The second kappa shape index (κ2) is 6.05. The minimum absolute atomic E-state index is 0.177. The van der Waals surface area contributed by atoms with E-state index in [1.807, 2.05) is 0 Å². The minimum Gasteiger partial charge on any atom is -0.335 e. The van der Waals surface area contributed by atoms with Gasteiger partial charge in [-0.05, 0) is 62.1 Å². The molecule has 1 aromatic rings. The fourth-order valence-electron chi connectivity index (χ4n) is 3.96. The van der Waals surface area contributed by atoms with Gasteiger partial charge in [0.05, 0.1) is 10.0 Å². The van der Waals surface area contributed by atoms with Crippen LogP contribution in [-0.4, -0.2) is 12.1 Å². The number of urea groups is 1. The lowest BCUT2D eigenvalue weighted by atomic mass is 9.84. The molecule has 2 aliphatic rings. The molecule has 0 unspecified atom stereocenters. The quantitative estimate of drug-likeness (QED) is 0.811. The summed E-state index contributed by atoms with van der Waals surface area (Å²) in [5, 5.41) is 6.80. The highest BCUT2D eigenvalue weighted by atomic mass is 35.5. The van der Waals surface area contributed by atoms with E-state index < -0.39 is 0 Å². The third-order valence-electron chi connectivity index (χ3n) is 4.97. The van der Waals surface area contributed by atoms with E-state index in [2.05, 4.69) is 17.6 Å². The van der Waals surface area contributed by atoms with Crippen LogP contribution in [0.1, 0.15) is 32.6 Å². The number of carbonyl (C=O) groups is 1. The molecule has 2 aliphatic carbocycles.